The Balaban J connectivity index is 1.75. The van der Waals surface area contributed by atoms with Crippen molar-refractivity contribution in [3.05, 3.63) is 59.2 Å². The minimum Gasteiger partial charge on any atom is -0.478 e. The van der Waals surface area contributed by atoms with E-state index in [4.69, 9.17) is 5.11 Å². The Kier molecular flexibility index (Phi) is 4.15. The first-order valence-electron chi connectivity index (χ1n) is 7.49. The molecule has 1 N–H and O–H groups in total. The summed E-state index contributed by atoms with van der Waals surface area (Å²) in [5.74, 6) is -0.0859. The maximum atomic E-state index is 10.9. The zero-order valence-corrected chi connectivity index (χ0v) is 12.6. The summed E-state index contributed by atoms with van der Waals surface area (Å²) in [6.45, 7) is 3.76. The highest BCUT2D eigenvalue weighted by Gasteiger charge is 2.27. The molecule has 0 radical (unpaired) electrons. The number of carboxylic acids is 1. The van der Waals surface area contributed by atoms with Crippen molar-refractivity contribution in [1.29, 1.82) is 0 Å². The molecule has 1 aliphatic rings. The number of nitrogens with zero attached hydrogens (tertiary/aromatic N) is 3. The summed E-state index contributed by atoms with van der Waals surface area (Å²) in [6.07, 6.45) is 4.07. The highest BCUT2D eigenvalue weighted by molar-refractivity contribution is 5.87. The van der Waals surface area contributed by atoms with Gasteiger partial charge in [0, 0.05) is 12.7 Å². The summed E-state index contributed by atoms with van der Waals surface area (Å²) in [7, 11) is 0. The first kappa shape index (κ1) is 14.7. The predicted octanol–water partition coefficient (Wildman–Crippen LogP) is 2.82. The van der Waals surface area contributed by atoms with Crippen LogP contribution in [0.3, 0.4) is 0 Å². The van der Waals surface area contributed by atoms with E-state index in [9.17, 15) is 4.79 Å². The minimum absolute atomic E-state index is 0.320. The van der Waals surface area contributed by atoms with Gasteiger partial charge in [-0.1, -0.05) is 12.1 Å². The molecule has 5 nitrogen and oxygen atoms in total. The van der Waals surface area contributed by atoms with Gasteiger partial charge in [-0.05, 0) is 50.1 Å². The number of likely N-dealkylation sites (tertiary alicyclic amines) is 1. The molecule has 0 amide bonds. The van der Waals surface area contributed by atoms with Crippen LogP contribution in [0.4, 0.5) is 0 Å². The molecular weight excluding hydrogens is 278 g/mol. The molecule has 114 valence electrons. The number of aromatic nitrogens is 2. The lowest BCUT2D eigenvalue weighted by atomic mass is 10.1. The van der Waals surface area contributed by atoms with Gasteiger partial charge in [0.15, 0.2) is 0 Å². The van der Waals surface area contributed by atoms with E-state index in [1.54, 1.807) is 12.1 Å². The smallest absolute Gasteiger partial charge is 0.335 e. The molecule has 0 bridgehead atoms. The number of aromatic carboxylic acids is 1. The van der Waals surface area contributed by atoms with Crippen LogP contribution < -0.4 is 0 Å². The van der Waals surface area contributed by atoms with Crippen LogP contribution in [0.2, 0.25) is 0 Å². The van der Waals surface area contributed by atoms with E-state index < -0.39 is 5.97 Å². The van der Waals surface area contributed by atoms with E-state index in [1.807, 2.05) is 31.3 Å². The molecule has 1 unspecified atom stereocenters. The Hall–Kier alpha value is -2.27. The molecule has 22 heavy (non-hydrogen) atoms. The second-order valence-corrected chi connectivity index (χ2v) is 5.66. The fourth-order valence-corrected chi connectivity index (χ4v) is 3.00. The van der Waals surface area contributed by atoms with E-state index in [0.717, 1.165) is 43.0 Å². The molecule has 1 atom stereocenters. The van der Waals surface area contributed by atoms with Crippen LogP contribution in [0, 0.1) is 6.92 Å². The first-order valence-corrected chi connectivity index (χ1v) is 7.49. The van der Waals surface area contributed by atoms with Crippen LogP contribution in [-0.4, -0.2) is 32.5 Å². The van der Waals surface area contributed by atoms with Gasteiger partial charge in [-0.3, -0.25) is 4.90 Å². The number of hydrogen-bond acceptors (Lipinski definition) is 4. The van der Waals surface area contributed by atoms with Gasteiger partial charge in [0.2, 0.25) is 0 Å². The Morgan fingerprint density at radius 2 is 2.09 bits per heavy atom. The summed E-state index contributed by atoms with van der Waals surface area (Å²) in [5, 5.41) is 8.95. The number of rotatable bonds is 4. The molecular formula is C17H19N3O2. The van der Waals surface area contributed by atoms with Crippen molar-refractivity contribution in [3.63, 3.8) is 0 Å². The molecule has 1 aliphatic heterocycles. The molecule has 2 aromatic rings. The normalized spacial score (nSPS) is 18.5. The van der Waals surface area contributed by atoms with Gasteiger partial charge in [-0.25, -0.2) is 14.8 Å². The fraction of sp³-hybridized carbons (Fsp3) is 0.353. The standard InChI is InChI=1S/C17H19N3O2/c1-12-18-9-8-15(19-12)16-3-2-10-20(16)11-13-4-6-14(7-5-13)17(21)22/h4-9,16H,2-3,10-11H2,1H3,(H,21,22). The summed E-state index contributed by atoms with van der Waals surface area (Å²) in [5.41, 5.74) is 2.53. The Morgan fingerprint density at radius 1 is 1.32 bits per heavy atom. The number of aryl methyl sites for hydroxylation is 1. The van der Waals surface area contributed by atoms with Gasteiger partial charge in [0.05, 0.1) is 17.3 Å². The molecule has 0 saturated carbocycles. The van der Waals surface area contributed by atoms with Crippen LogP contribution in [0.1, 0.15) is 46.3 Å². The van der Waals surface area contributed by atoms with Crippen molar-refractivity contribution in [3.8, 4) is 0 Å². The zero-order chi connectivity index (χ0) is 15.5. The largest absolute Gasteiger partial charge is 0.478 e. The van der Waals surface area contributed by atoms with Gasteiger partial charge < -0.3 is 5.11 Å². The number of carbonyl (C=O) groups is 1. The van der Waals surface area contributed by atoms with Crippen LogP contribution in [0.25, 0.3) is 0 Å². The van der Waals surface area contributed by atoms with E-state index in [0.29, 0.717) is 11.6 Å². The Morgan fingerprint density at radius 3 is 2.77 bits per heavy atom. The molecule has 2 heterocycles. The van der Waals surface area contributed by atoms with E-state index in [-0.39, 0.29) is 0 Å². The number of benzene rings is 1. The van der Waals surface area contributed by atoms with E-state index in [1.165, 1.54) is 0 Å². The second kappa shape index (κ2) is 6.23. The summed E-state index contributed by atoms with van der Waals surface area (Å²) >= 11 is 0. The first-order chi connectivity index (χ1) is 10.6. The lowest BCUT2D eigenvalue weighted by molar-refractivity contribution is 0.0697. The quantitative estimate of drug-likeness (QED) is 0.940. The lowest BCUT2D eigenvalue weighted by Gasteiger charge is -2.24. The second-order valence-electron chi connectivity index (χ2n) is 5.66. The maximum absolute atomic E-state index is 10.9. The third kappa shape index (κ3) is 3.14. The predicted molar refractivity (Wildman–Crippen MR) is 82.6 cm³/mol. The minimum atomic E-state index is -0.887. The van der Waals surface area contributed by atoms with Crippen molar-refractivity contribution in [2.24, 2.45) is 0 Å². The van der Waals surface area contributed by atoms with Crippen LogP contribution in [-0.2, 0) is 6.54 Å². The highest BCUT2D eigenvalue weighted by atomic mass is 16.4. The SMILES string of the molecule is Cc1nccc(C2CCCN2Cc2ccc(C(=O)O)cc2)n1. The van der Waals surface area contributed by atoms with Gasteiger partial charge in [0.1, 0.15) is 5.82 Å². The third-order valence-electron chi connectivity index (χ3n) is 4.09. The van der Waals surface area contributed by atoms with Crippen LogP contribution >= 0.6 is 0 Å². The highest BCUT2D eigenvalue weighted by Crippen LogP contribution is 2.31. The third-order valence-corrected chi connectivity index (χ3v) is 4.09. The van der Waals surface area contributed by atoms with Gasteiger partial charge in [0.25, 0.3) is 0 Å². The summed E-state index contributed by atoms with van der Waals surface area (Å²) in [4.78, 5) is 22.0. The molecule has 1 aromatic carbocycles. The van der Waals surface area contributed by atoms with E-state index >= 15 is 0 Å². The van der Waals surface area contributed by atoms with Crippen LogP contribution in [0.5, 0.6) is 0 Å². The molecule has 0 spiro atoms. The van der Waals surface area contributed by atoms with E-state index in [2.05, 4.69) is 14.9 Å². The molecule has 1 saturated heterocycles. The average Bonchev–Trinajstić information content (AvgIpc) is 2.96. The molecule has 1 aromatic heterocycles. The van der Waals surface area contributed by atoms with Crippen molar-refractivity contribution in [1.82, 2.24) is 14.9 Å². The number of carboxylic acid groups (broad SMARTS) is 1. The average molecular weight is 297 g/mol. The van der Waals surface area contributed by atoms with Crippen LogP contribution in [0.15, 0.2) is 36.5 Å². The van der Waals surface area contributed by atoms with Crippen molar-refractivity contribution < 1.29 is 9.90 Å². The Labute approximate surface area is 129 Å². The molecule has 1 fully saturated rings. The fourth-order valence-electron chi connectivity index (χ4n) is 3.00. The van der Waals surface area contributed by atoms with Crippen molar-refractivity contribution >= 4 is 5.97 Å². The lowest BCUT2D eigenvalue weighted by Crippen LogP contribution is -2.23. The molecule has 0 aliphatic carbocycles. The molecule has 3 rings (SSSR count). The Bertz CT molecular complexity index is 670. The summed E-state index contributed by atoms with van der Waals surface area (Å²) in [6, 6.07) is 9.42. The monoisotopic (exact) mass is 297 g/mol. The number of hydrogen-bond donors (Lipinski definition) is 1. The maximum Gasteiger partial charge on any atom is 0.335 e. The summed E-state index contributed by atoms with van der Waals surface area (Å²) < 4.78 is 0. The topological polar surface area (TPSA) is 66.3 Å². The van der Waals surface area contributed by atoms with Gasteiger partial charge in [-0.15, -0.1) is 0 Å². The van der Waals surface area contributed by atoms with Gasteiger partial charge in [-0.2, -0.15) is 0 Å². The van der Waals surface area contributed by atoms with Gasteiger partial charge >= 0.3 is 5.97 Å². The van der Waals surface area contributed by atoms with Crippen molar-refractivity contribution in [2.45, 2.75) is 32.4 Å². The molecule has 5 heteroatoms. The van der Waals surface area contributed by atoms with Crippen molar-refractivity contribution in [2.75, 3.05) is 6.54 Å². The zero-order valence-electron chi connectivity index (χ0n) is 12.6.